The Kier molecular flexibility index (Phi) is 6.89. The molecule has 0 aliphatic carbocycles. The van der Waals surface area contributed by atoms with Gasteiger partial charge in [0.1, 0.15) is 0 Å². The summed E-state index contributed by atoms with van der Waals surface area (Å²) in [6.07, 6.45) is 2.50. The molecule has 0 unspecified atom stereocenters. The first-order chi connectivity index (χ1) is 15.3. The number of nitrogens with zero attached hydrogens (tertiary/aromatic N) is 5. The lowest BCUT2D eigenvalue weighted by Crippen LogP contribution is -2.49. The van der Waals surface area contributed by atoms with Gasteiger partial charge in [0.2, 0.25) is 10.0 Å². The Morgan fingerprint density at radius 1 is 1.12 bits per heavy atom. The molecule has 3 heterocycles. The molecule has 0 saturated carbocycles. The maximum atomic E-state index is 12.7. The highest BCUT2D eigenvalue weighted by Gasteiger charge is 2.23. The summed E-state index contributed by atoms with van der Waals surface area (Å²) in [6, 6.07) is 7.38. The molecular formula is C20H27ClN6O4S. The lowest BCUT2D eigenvalue weighted by molar-refractivity contribution is 0.122. The van der Waals surface area contributed by atoms with Crippen LogP contribution in [-0.2, 0) is 21.3 Å². The summed E-state index contributed by atoms with van der Waals surface area (Å²) >= 11 is 6.55. The molecule has 2 saturated heterocycles. The van der Waals surface area contributed by atoms with Crippen molar-refractivity contribution in [3.63, 3.8) is 0 Å². The Bertz CT molecular complexity index is 1060. The van der Waals surface area contributed by atoms with Gasteiger partial charge in [-0.3, -0.25) is 9.62 Å². The zero-order valence-electron chi connectivity index (χ0n) is 17.9. The number of rotatable bonds is 5. The molecule has 1 N–H and O–H groups in total. The molecule has 32 heavy (non-hydrogen) atoms. The van der Waals surface area contributed by atoms with E-state index in [-0.39, 0.29) is 11.8 Å². The SMILES string of the molecule is CS(=O)(=O)Nc1ccn(C(=O)N2CCN(Cc3ccc(N4CCOCC4)c(Cl)c3)CC2)n1. The molecule has 1 aromatic carbocycles. The fraction of sp³-hybridized carbons (Fsp3) is 0.500. The number of halogens is 1. The smallest absolute Gasteiger partial charge is 0.344 e. The lowest BCUT2D eigenvalue weighted by Gasteiger charge is -2.34. The van der Waals surface area contributed by atoms with Crippen molar-refractivity contribution in [2.24, 2.45) is 0 Å². The number of hydrogen-bond acceptors (Lipinski definition) is 7. The van der Waals surface area contributed by atoms with Crippen molar-refractivity contribution < 1.29 is 17.9 Å². The number of piperazine rings is 1. The van der Waals surface area contributed by atoms with Crippen LogP contribution in [0.2, 0.25) is 5.02 Å². The van der Waals surface area contributed by atoms with Gasteiger partial charge in [-0.25, -0.2) is 13.2 Å². The van der Waals surface area contributed by atoms with Crippen LogP contribution < -0.4 is 9.62 Å². The second kappa shape index (κ2) is 9.65. The van der Waals surface area contributed by atoms with Gasteiger partial charge in [-0.05, 0) is 17.7 Å². The third kappa shape index (κ3) is 5.71. The molecule has 0 atom stereocenters. The summed E-state index contributed by atoms with van der Waals surface area (Å²) in [5.41, 5.74) is 2.17. The van der Waals surface area contributed by atoms with Gasteiger partial charge in [0, 0.05) is 58.1 Å². The van der Waals surface area contributed by atoms with Crippen LogP contribution >= 0.6 is 11.6 Å². The van der Waals surface area contributed by atoms with E-state index in [2.05, 4.69) is 31.8 Å². The molecule has 2 fully saturated rings. The van der Waals surface area contributed by atoms with E-state index in [0.29, 0.717) is 13.1 Å². The van der Waals surface area contributed by atoms with E-state index in [1.165, 1.54) is 12.3 Å². The van der Waals surface area contributed by atoms with E-state index in [0.717, 1.165) is 73.1 Å². The van der Waals surface area contributed by atoms with Crippen LogP contribution in [0.25, 0.3) is 0 Å². The van der Waals surface area contributed by atoms with Gasteiger partial charge in [0.15, 0.2) is 5.82 Å². The summed E-state index contributed by atoms with van der Waals surface area (Å²) < 4.78 is 31.5. The Balaban J connectivity index is 1.30. The molecule has 0 spiro atoms. The summed E-state index contributed by atoms with van der Waals surface area (Å²) in [5, 5.41) is 4.75. The fourth-order valence-electron chi connectivity index (χ4n) is 3.88. The average molecular weight is 483 g/mol. The molecule has 4 rings (SSSR count). The number of morpholine rings is 1. The van der Waals surface area contributed by atoms with Gasteiger partial charge in [-0.1, -0.05) is 17.7 Å². The standard InChI is InChI=1S/C20H27ClN6O4S/c1-32(29,30)23-19-4-5-27(22-19)20(28)26-8-6-24(7-9-26)15-16-2-3-18(17(21)14-16)25-10-12-31-13-11-25/h2-5,14H,6-13,15H2,1H3,(H,22,23). The average Bonchev–Trinajstić information content (AvgIpc) is 3.21. The maximum absolute atomic E-state index is 12.7. The Morgan fingerprint density at radius 2 is 1.84 bits per heavy atom. The van der Waals surface area contributed by atoms with Crippen LogP contribution in [-0.4, -0.2) is 92.8 Å². The van der Waals surface area contributed by atoms with Gasteiger partial charge in [0.25, 0.3) is 0 Å². The zero-order chi connectivity index (χ0) is 22.7. The summed E-state index contributed by atoms with van der Waals surface area (Å²) in [6.45, 7) is 6.46. The summed E-state index contributed by atoms with van der Waals surface area (Å²) in [4.78, 5) is 18.9. The highest BCUT2D eigenvalue weighted by molar-refractivity contribution is 7.92. The molecule has 2 aliphatic rings. The number of anilines is 2. The topological polar surface area (TPSA) is 100 Å². The van der Waals surface area contributed by atoms with Crippen LogP contribution in [0.3, 0.4) is 0 Å². The predicted octanol–water partition coefficient (Wildman–Crippen LogP) is 1.53. The number of ether oxygens (including phenoxy) is 1. The normalized spacial score (nSPS) is 18.1. The first-order valence-corrected chi connectivity index (χ1v) is 12.7. The van der Waals surface area contributed by atoms with E-state index >= 15 is 0 Å². The highest BCUT2D eigenvalue weighted by Crippen LogP contribution is 2.28. The molecule has 174 valence electrons. The second-order valence-corrected chi connectivity index (χ2v) is 10.1. The molecular weight excluding hydrogens is 456 g/mol. The number of benzene rings is 1. The fourth-order valence-corrected chi connectivity index (χ4v) is 4.70. The molecule has 1 aromatic heterocycles. The van der Waals surface area contributed by atoms with E-state index in [1.807, 2.05) is 6.07 Å². The quantitative estimate of drug-likeness (QED) is 0.689. The molecule has 10 nitrogen and oxygen atoms in total. The minimum atomic E-state index is -3.44. The van der Waals surface area contributed by atoms with Gasteiger partial charge < -0.3 is 14.5 Å². The van der Waals surface area contributed by atoms with Crippen molar-refractivity contribution in [3.8, 4) is 0 Å². The predicted molar refractivity (Wildman–Crippen MR) is 123 cm³/mol. The highest BCUT2D eigenvalue weighted by atomic mass is 35.5. The molecule has 0 bridgehead atoms. The Labute approximate surface area is 192 Å². The van der Waals surface area contributed by atoms with Crippen LogP contribution in [0.1, 0.15) is 5.56 Å². The molecule has 12 heteroatoms. The van der Waals surface area contributed by atoms with Crippen LogP contribution in [0.15, 0.2) is 30.5 Å². The van der Waals surface area contributed by atoms with Crippen LogP contribution in [0.5, 0.6) is 0 Å². The second-order valence-electron chi connectivity index (χ2n) is 7.95. The van der Waals surface area contributed by atoms with Crippen molar-refractivity contribution in [2.75, 3.05) is 68.4 Å². The van der Waals surface area contributed by atoms with Crippen LogP contribution in [0.4, 0.5) is 16.3 Å². The van der Waals surface area contributed by atoms with E-state index in [4.69, 9.17) is 16.3 Å². The monoisotopic (exact) mass is 482 g/mol. The van der Waals surface area contributed by atoms with E-state index < -0.39 is 10.0 Å². The van der Waals surface area contributed by atoms with Gasteiger partial charge >= 0.3 is 6.03 Å². The minimum Gasteiger partial charge on any atom is -0.378 e. The number of carbonyl (C=O) groups is 1. The number of nitrogens with one attached hydrogen (secondary N) is 1. The van der Waals surface area contributed by atoms with Crippen molar-refractivity contribution in [1.82, 2.24) is 19.6 Å². The number of amides is 1. The van der Waals surface area contributed by atoms with Crippen LogP contribution in [0, 0.1) is 0 Å². The number of aromatic nitrogens is 2. The van der Waals surface area contributed by atoms with Crippen molar-refractivity contribution in [2.45, 2.75) is 6.54 Å². The maximum Gasteiger partial charge on any atom is 0.344 e. The van der Waals surface area contributed by atoms with E-state index in [1.54, 1.807) is 4.90 Å². The third-order valence-electron chi connectivity index (χ3n) is 5.49. The molecule has 2 aliphatic heterocycles. The number of hydrogen-bond donors (Lipinski definition) is 1. The lowest BCUT2D eigenvalue weighted by atomic mass is 10.1. The van der Waals surface area contributed by atoms with Gasteiger partial charge in [0.05, 0.1) is 30.2 Å². The Hall–Kier alpha value is -2.34. The molecule has 1 amide bonds. The van der Waals surface area contributed by atoms with Crippen molar-refractivity contribution in [3.05, 3.63) is 41.0 Å². The largest absolute Gasteiger partial charge is 0.378 e. The summed E-state index contributed by atoms with van der Waals surface area (Å²) in [7, 11) is -3.44. The molecule has 0 radical (unpaired) electrons. The first-order valence-electron chi connectivity index (χ1n) is 10.4. The zero-order valence-corrected chi connectivity index (χ0v) is 19.5. The third-order valence-corrected chi connectivity index (χ3v) is 6.37. The first kappa shape index (κ1) is 22.8. The minimum absolute atomic E-state index is 0.122. The van der Waals surface area contributed by atoms with Gasteiger partial charge in [-0.15, -0.1) is 5.10 Å². The van der Waals surface area contributed by atoms with Crippen molar-refractivity contribution in [1.29, 1.82) is 0 Å². The van der Waals surface area contributed by atoms with Crippen molar-refractivity contribution >= 4 is 39.2 Å². The number of carbonyl (C=O) groups excluding carboxylic acids is 1. The van der Waals surface area contributed by atoms with E-state index in [9.17, 15) is 13.2 Å². The molecule has 2 aromatic rings. The number of sulfonamides is 1. The van der Waals surface area contributed by atoms with Gasteiger partial charge in [-0.2, -0.15) is 4.68 Å². The Morgan fingerprint density at radius 3 is 2.50 bits per heavy atom. The summed E-state index contributed by atoms with van der Waals surface area (Å²) in [5.74, 6) is 0.122.